The van der Waals surface area contributed by atoms with Crippen molar-refractivity contribution in [1.82, 2.24) is 4.72 Å². The van der Waals surface area contributed by atoms with Gasteiger partial charge in [-0.3, -0.25) is 9.59 Å². The molecule has 0 fully saturated rings. The van der Waals surface area contributed by atoms with Crippen LogP contribution in [0.25, 0.3) is 0 Å². The maximum atomic E-state index is 13.9. The fourth-order valence-corrected chi connectivity index (χ4v) is 4.54. The summed E-state index contributed by atoms with van der Waals surface area (Å²) in [5, 5.41) is 2.36. The number of thioether (sulfide) groups is 1. The number of amides is 1. The van der Waals surface area contributed by atoms with Crippen molar-refractivity contribution in [3.05, 3.63) is 54.3 Å². The number of benzene rings is 2. The third-order valence-electron chi connectivity index (χ3n) is 4.05. The summed E-state index contributed by atoms with van der Waals surface area (Å²) in [4.78, 5) is 24.0. The van der Waals surface area contributed by atoms with Crippen LogP contribution in [0.15, 0.2) is 58.3 Å². The molecule has 1 atom stereocenters. The van der Waals surface area contributed by atoms with Crippen LogP contribution in [-0.2, 0) is 24.3 Å². The summed E-state index contributed by atoms with van der Waals surface area (Å²) in [5.41, 5.74) is 0.111. The summed E-state index contributed by atoms with van der Waals surface area (Å²) in [6, 6.07) is 9.12. The molecule has 2 aromatic carbocycles. The van der Waals surface area contributed by atoms with Gasteiger partial charge < -0.3 is 10.1 Å². The molecule has 0 heterocycles. The van der Waals surface area contributed by atoms with Crippen molar-refractivity contribution in [2.45, 2.75) is 35.4 Å². The maximum absolute atomic E-state index is 13.9. The number of halogens is 3. The molecule has 0 radical (unpaired) electrons. The molecule has 0 aliphatic carbocycles. The highest BCUT2D eigenvalue weighted by Crippen LogP contribution is 2.31. The van der Waals surface area contributed by atoms with Crippen LogP contribution in [0.4, 0.5) is 18.9 Å². The second-order valence-corrected chi connectivity index (χ2v) is 9.52. The third-order valence-corrected chi connectivity index (χ3v) is 6.31. The summed E-state index contributed by atoms with van der Waals surface area (Å²) in [6.45, 7) is 2.29. The van der Waals surface area contributed by atoms with E-state index in [1.165, 1.54) is 50.2 Å². The Balaban J connectivity index is 2.03. The predicted molar refractivity (Wildman–Crippen MR) is 113 cm³/mol. The molecule has 0 aliphatic heterocycles. The Morgan fingerprint density at radius 3 is 2.31 bits per heavy atom. The van der Waals surface area contributed by atoms with Gasteiger partial charge in [0.2, 0.25) is 10.0 Å². The van der Waals surface area contributed by atoms with Crippen molar-refractivity contribution in [3.8, 4) is 0 Å². The Bertz CT molecular complexity index is 1060. The van der Waals surface area contributed by atoms with E-state index in [9.17, 15) is 31.2 Å². The topological polar surface area (TPSA) is 102 Å². The Hall–Kier alpha value is -2.57. The lowest BCUT2D eigenvalue weighted by Crippen LogP contribution is -2.46. The van der Waals surface area contributed by atoms with Gasteiger partial charge in [-0.1, -0.05) is 49.9 Å². The third kappa shape index (κ3) is 7.24. The smallest absolute Gasteiger partial charge is 0.324 e. The first-order valence-electron chi connectivity index (χ1n) is 9.28. The van der Waals surface area contributed by atoms with E-state index in [2.05, 4.69) is 10.0 Å². The molecule has 0 saturated heterocycles. The van der Waals surface area contributed by atoms with Crippen LogP contribution < -0.4 is 10.0 Å². The summed E-state index contributed by atoms with van der Waals surface area (Å²) in [7, 11) is -4.38. The number of carbonyl (C=O) groups is 2. The zero-order chi connectivity index (χ0) is 23.9. The number of nitrogens with one attached hydrogen (secondary N) is 2. The minimum atomic E-state index is -4.38. The van der Waals surface area contributed by atoms with Gasteiger partial charge in [0.15, 0.2) is 6.61 Å². The predicted octanol–water partition coefficient (Wildman–Crippen LogP) is 3.63. The molecule has 2 N–H and O–H groups in total. The van der Waals surface area contributed by atoms with E-state index in [0.29, 0.717) is 0 Å². The van der Waals surface area contributed by atoms with Gasteiger partial charge >= 0.3 is 5.97 Å². The molecule has 0 aromatic heterocycles. The molecule has 2 aromatic rings. The van der Waals surface area contributed by atoms with Gasteiger partial charge in [0, 0.05) is 4.90 Å². The van der Waals surface area contributed by atoms with E-state index >= 15 is 0 Å². The van der Waals surface area contributed by atoms with Gasteiger partial charge in [0.05, 0.1) is 5.69 Å². The molecule has 1 amide bonds. The lowest BCUT2D eigenvalue weighted by atomic mass is 10.1. The van der Waals surface area contributed by atoms with Gasteiger partial charge in [-0.25, -0.2) is 12.8 Å². The van der Waals surface area contributed by atoms with E-state index in [0.717, 1.165) is 12.1 Å². The Kier molecular flexibility index (Phi) is 9.10. The minimum Gasteiger partial charge on any atom is -0.454 e. The Labute approximate surface area is 187 Å². The van der Waals surface area contributed by atoms with E-state index in [4.69, 9.17) is 4.74 Å². The van der Waals surface area contributed by atoms with E-state index < -0.39 is 56.9 Å². The molecule has 32 heavy (non-hydrogen) atoms. The Morgan fingerprint density at radius 1 is 1.06 bits per heavy atom. The molecular formula is C20H21F3N2O5S2. The van der Waals surface area contributed by atoms with Gasteiger partial charge in [-0.15, -0.1) is 0 Å². The number of alkyl halides is 2. The number of sulfonamides is 1. The standard InChI is InChI=1S/C20H21F3N2O5S2/c1-12(2)18(25-32(28,29)16-10-6-3-7-13(16)21)19(27)30-11-17(26)24-14-8-4-5-9-15(14)31-20(22)23/h3-10,12,18,20,25H,11H2,1-2H3,(H,24,26)/t18-/m0/s1. The van der Waals surface area contributed by atoms with E-state index in [1.807, 2.05) is 0 Å². The van der Waals surface area contributed by atoms with Gasteiger partial charge in [0.1, 0.15) is 16.8 Å². The van der Waals surface area contributed by atoms with Crippen LogP contribution in [0, 0.1) is 11.7 Å². The van der Waals surface area contributed by atoms with Crippen molar-refractivity contribution in [2.75, 3.05) is 11.9 Å². The number of rotatable bonds is 10. The summed E-state index contributed by atoms with van der Waals surface area (Å²) >= 11 is 0.242. The molecule has 0 unspecified atom stereocenters. The summed E-state index contributed by atoms with van der Waals surface area (Å²) in [5.74, 6) is -6.13. The fourth-order valence-electron chi connectivity index (χ4n) is 2.53. The van der Waals surface area contributed by atoms with Gasteiger partial charge in [-0.2, -0.15) is 13.5 Å². The first-order chi connectivity index (χ1) is 15.0. The lowest BCUT2D eigenvalue weighted by Gasteiger charge is -2.21. The fraction of sp³-hybridized carbons (Fsp3) is 0.300. The molecule has 2 rings (SSSR count). The highest BCUT2D eigenvalue weighted by molar-refractivity contribution is 7.99. The number of esters is 1. The van der Waals surface area contributed by atoms with Crippen molar-refractivity contribution in [2.24, 2.45) is 5.92 Å². The summed E-state index contributed by atoms with van der Waals surface area (Å²) < 4.78 is 71.1. The monoisotopic (exact) mass is 490 g/mol. The van der Waals surface area contributed by atoms with Gasteiger partial charge in [-0.05, 0) is 30.2 Å². The van der Waals surface area contributed by atoms with E-state index in [1.54, 1.807) is 0 Å². The maximum Gasteiger partial charge on any atom is 0.324 e. The zero-order valence-corrected chi connectivity index (χ0v) is 18.7. The normalized spacial score (nSPS) is 12.6. The van der Waals surface area contributed by atoms with Crippen LogP contribution in [0.2, 0.25) is 0 Å². The molecule has 0 saturated carbocycles. The van der Waals surface area contributed by atoms with Crippen molar-refractivity contribution in [1.29, 1.82) is 0 Å². The highest BCUT2D eigenvalue weighted by atomic mass is 32.2. The number of hydrogen-bond donors (Lipinski definition) is 2. The molecule has 174 valence electrons. The minimum absolute atomic E-state index is 0.111. The highest BCUT2D eigenvalue weighted by Gasteiger charge is 2.31. The first-order valence-corrected chi connectivity index (χ1v) is 11.6. The Morgan fingerprint density at radius 2 is 1.69 bits per heavy atom. The second-order valence-electron chi connectivity index (χ2n) is 6.80. The molecule has 12 heteroatoms. The zero-order valence-electron chi connectivity index (χ0n) is 17.0. The van der Waals surface area contributed by atoms with Crippen molar-refractivity contribution >= 4 is 39.3 Å². The molecule has 0 aliphatic rings. The SMILES string of the molecule is CC(C)[C@H](NS(=O)(=O)c1ccccc1F)C(=O)OCC(=O)Nc1ccccc1SC(F)F. The average molecular weight is 491 g/mol. The average Bonchev–Trinajstić information content (AvgIpc) is 2.71. The number of ether oxygens (including phenoxy) is 1. The van der Waals surface area contributed by atoms with E-state index in [-0.39, 0.29) is 22.3 Å². The quantitative estimate of drug-likeness (QED) is 0.390. The number of hydrogen-bond acceptors (Lipinski definition) is 6. The van der Waals surface area contributed by atoms with Crippen LogP contribution in [0.1, 0.15) is 13.8 Å². The van der Waals surface area contributed by atoms with Crippen LogP contribution in [-0.4, -0.2) is 38.7 Å². The second kappa shape index (κ2) is 11.3. The molecule has 0 spiro atoms. The largest absolute Gasteiger partial charge is 0.454 e. The first kappa shape index (κ1) is 25.7. The van der Waals surface area contributed by atoms with Crippen molar-refractivity contribution < 1.29 is 35.9 Å². The molecule has 0 bridgehead atoms. The lowest BCUT2D eigenvalue weighted by molar-refractivity contribution is -0.150. The van der Waals surface area contributed by atoms with Crippen molar-refractivity contribution in [3.63, 3.8) is 0 Å². The molecular weight excluding hydrogens is 469 g/mol. The number of carbonyl (C=O) groups excluding carboxylic acids is 2. The summed E-state index contributed by atoms with van der Waals surface area (Å²) in [6.07, 6.45) is 0. The molecule has 7 nitrogen and oxygen atoms in total. The number of anilines is 1. The van der Waals surface area contributed by atoms with Crippen LogP contribution >= 0.6 is 11.8 Å². The van der Waals surface area contributed by atoms with Crippen LogP contribution in [0.5, 0.6) is 0 Å². The number of para-hydroxylation sites is 1. The van der Waals surface area contributed by atoms with Crippen LogP contribution in [0.3, 0.4) is 0 Å². The van der Waals surface area contributed by atoms with Gasteiger partial charge in [0.25, 0.3) is 11.7 Å².